The van der Waals surface area contributed by atoms with Crippen molar-refractivity contribution in [2.45, 2.75) is 31.5 Å². The van der Waals surface area contributed by atoms with Crippen molar-refractivity contribution >= 4 is 28.0 Å². The number of carbonyl (C=O) groups is 2. The SMILES string of the molecule is Nc1cccc(CONC(=O)[C@@H]2CC[C@H]3CN2C(=O)N3OS(=O)(=O)O)c1. The van der Waals surface area contributed by atoms with Gasteiger partial charge in [0.15, 0.2) is 0 Å². The molecule has 4 N–H and O–H groups in total. The van der Waals surface area contributed by atoms with E-state index in [9.17, 15) is 18.0 Å². The minimum atomic E-state index is -4.82. The van der Waals surface area contributed by atoms with Crippen molar-refractivity contribution in [2.75, 3.05) is 12.3 Å². The third-order valence-electron chi connectivity index (χ3n) is 4.16. The molecule has 3 amide bonds. The van der Waals surface area contributed by atoms with Crippen LogP contribution in [0.1, 0.15) is 18.4 Å². The second-order valence-electron chi connectivity index (χ2n) is 6.01. The van der Waals surface area contributed by atoms with Crippen LogP contribution in [-0.2, 0) is 30.9 Å². The lowest BCUT2D eigenvalue weighted by Gasteiger charge is -2.28. The topological polar surface area (TPSA) is 151 Å². The average Bonchev–Trinajstić information content (AvgIpc) is 2.78. The highest BCUT2D eigenvalue weighted by Gasteiger charge is 2.49. The molecule has 1 aromatic carbocycles. The van der Waals surface area contributed by atoms with E-state index in [2.05, 4.69) is 9.76 Å². The predicted octanol–water partition coefficient (Wildman–Crippen LogP) is -0.180. The van der Waals surface area contributed by atoms with E-state index < -0.39 is 34.4 Å². The van der Waals surface area contributed by atoms with Crippen molar-refractivity contribution in [1.82, 2.24) is 15.4 Å². The summed E-state index contributed by atoms with van der Waals surface area (Å²) in [5.41, 5.74) is 9.27. The van der Waals surface area contributed by atoms with Gasteiger partial charge in [-0.1, -0.05) is 12.1 Å². The molecule has 0 aliphatic carbocycles. The van der Waals surface area contributed by atoms with Crippen LogP contribution >= 0.6 is 0 Å². The second-order valence-corrected chi connectivity index (χ2v) is 7.01. The molecule has 0 unspecified atom stereocenters. The molecule has 2 heterocycles. The van der Waals surface area contributed by atoms with Crippen LogP contribution in [0.4, 0.5) is 10.5 Å². The molecule has 0 radical (unpaired) electrons. The van der Waals surface area contributed by atoms with Crippen molar-refractivity contribution < 1.29 is 31.7 Å². The number of anilines is 1. The summed E-state index contributed by atoms with van der Waals surface area (Å²) in [6.07, 6.45) is 0.639. The number of nitrogens with zero attached hydrogens (tertiary/aromatic N) is 2. The van der Waals surface area contributed by atoms with Crippen LogP contribution in [0.15, 0.2) is 24.3 Å². The summed E-state index contributed by atoms with van der Waals surface area (Å²) in [5, 5.41) is 0.580. The van der Waals surface area contributed by atoms with Crippen molar-refractivity contribution in [3.8, 4) is 0 Å². The quantitative estimate of drug-likeness (QED) is 0.346. The maximum atomic E-state index is 12.3. The largest absolute Gasteiger partial charge is 0.418 e. The number of urea groups is 1. The van der Waals surface area contributed by atoms with Gasteiger partial charge in [-0.05, 0) is 30.5 Å². The van der Waals surface area contributed by atoms with E-state index in [4.69, 9.17) is 15.1 Å². The summed E-state index contributed by atoms with van der Waals surface area (Å²) >= 11 is 0. The molecule has 0 aromatic heterocycles. The average molecular weight is 386 g/mol. The van der Waals surface area contributed by atoms with E-state index in [0.717, 1.165) is 5.56 Å². The molecule has 2 atom stereocenters. The van der Waals surface area contributed by atoms with Crippen LogP contribution in [-0.4, -0.2) is 53.5 Å². The number of hydroxylamine groups is 3. The Labute approximate surface area is 149 Å². The molecule has 2 aliphatic rings. The lowest BCUT2D eigenvalue weighted by atomic mass is 10.0. The van der Waals surface area contributed by atoms with Crippen LogP contribution in [0.3, 0.4) is 0 Å². The number of hydrogen-bond acceptors (Lipinski definition) is 7. The first-order chi connectivity index (χ1) is 12.2. The molecular weight excluding hydrogens is 368 g/mol. The van der Waals surface area contributed by atoms with Gasteiger partial charge in [0.2, 0.25) is 0 Å². The second kappa shape index (κ2) is 7.07. The Bertz CT molecular complexity index is 815. The maximum Gasteiger partial charge on any atom is 0.418 e. The van der Waals surface area contributed by atoms with Crippen molar-refractivity contribution in [1.29, 1.82) is 0 Å². The van der Waals surface area contributed by atoms with Gasteiger partial charge in [-0.2, -0.15) is 13.5 Å². The normalized spacial score (nSPS) is 22.6. The number of piperidine rings is 1. The smallest absolute Gasteiger partial charge is 0.399 e. The van der Waals surface area contributed by atoms with Crippen molar-refractivity contribution in [2.24, 2.45) is 0 Å². The van der Waals surface area contributed by atoms with E-state index in [1.165, 1.54) is 4.90 Å². The third kappa shape index (κ3) is 4.04. The van der Waals surface area contributed by atoms with Gasteiger partial charge >= 0.3 is 16.4 Å². The zero-order valence-electron chi connectivity index (χ0n) is 13.6. The Morgan fingerprint density at radius 1 is 1.38 bits per heavy atom. The molecule has 0 saturated carbocycles. The Morgan fingerprint density at radius 3 is 2.85 bits per heavy atom. The van der Waals surface area contributed by atoms with Gasteiger partial charge in [-0.25, -0.2) is 10.3 Å². The zero-order chi connectivity index (χ0) is 18.9. The third-order valence-corrected chi connectivity index (χ3v) is 4.51. The number of fused-ring (bicyclic) bond motifs is 2. The fourth-order valence-electron chi connectivity index (χ4n) is 3.05. The Balaban J connectivity index is 1.57. The number of nitrogens with two attached hydrogens (primary N) is 1. The summed E-state index contributed by atoms with van der Waals surface area (Å²) in [5.74, 6) is -0.533. The Morgan fingerprint density at radius 2 is 2.15 bits per heavy atom. The number of rotatable bonds is 6. The number of carbonyl (C=O) groups excluding carboxylic acids is 2. The molecular formula is C14H18N4O7S. The number of nitrogens with one attached hydrogen (secondary N) is 1. The minimum Gasteiger partial charge on any atom is -0.399 e. The van der Waals surface area contributed by atoms with E-state index in [-0.39, 0.29) is 13.2 Å². The molecule has 1 aromatic rings. The standard InChI is InChI=1S/C14H18N4O7S/c15-10-3-1-2-9(6-10)8-24-16-13(19)12-5-4-11-7-17(12)14(20)18(11)25-26(21,22)23/h1-3,6,11-12H,4-5,7-8,15H2,(H,16,19)(H,21,22,23)/t11-,12-/m0/s1. The Hall–Kier alpha value is -2.41. The molecule has 2 aliphatic heterocycles. The molecule has 2 bridgehead atoms. The first kappa shape index (κ1) is 18.4. The highest BCUT2D eigenvalue weighted by molar-refractivity contribution is 7.80. The van der Waals surface area contributed by atoms with Crippen molar-refractivity contribution in [3.05, 3.63) is 29.8 Å². The van der Waals surface area contributed by atoms with Crippen LogP contribution in [0.5, 0.6) is 0 Å². The molecule has 3 rings (SSSR count). The first-order valence-electron chi connectivity index (χ1n) is 7.77. The molecule has 12 heteroatoms. The van der Waals surface area contributed by atoms with Crippen molar-refractivity contribution in [3.63, 3.8) is 0 Å². The van der Waals surface area contributed by atoms with Gasteiger partial charge in [0.05, 0.1) is 12.6 Å². The van der Waals surface area contributed by atoms with Gasteiger partial charge < -0.3 is 10.6 Å². The first-order valence-corrected chi connectivity index (χ1v) is 9.14. The van der Waals surface area contributed by atoms with E-state index in [0.29, 0.717) is 23.6 Å². The molecule has 0 spiro atoms. The van der Waals surface area contributed by atoms with E-state index in [1.807, 2.05) is 0 Å². The summed E-state index contributed by atoms with van der Waals surface area (Å²) in [6, 6.07) is 4.77. The summed E-state index contributed by atoms with van der Waals surface area (Å²) < 4.78 is 34.8. The number of nitrogen functional groups attached to an aromatic ring is 1. The molecule has 11 nitrogen and oxygen atoms in total. The van der Waals surface area contributed by atoms with Gasteiger partial charge in [0.1, 0.15) is 6.04 Å². The highest BCUT2D eigenvalue weighted by Crippen LogP contribution is 2.30. The monoisotopic (exact) mass is 386 g/mol. The fraction of sp³-hybridized carbons (Fsp3) is 0.429. The number of benzene rings is 1. The maximum absolute atomic E-state index is 12.3. The summed E-state index contributed by atoms with van der Waals surface area (Å²) in [7, 11) is -4.82. The van der Waals surface area contributed by atoms with E-state index >= 15 is 0 Å². The fourth-order valence-corrected chi connectivity index (χ4v) is 3.43. The number of amides is 3. The van der Waals surface area contributed by atoms with Crippen LogP contribution in [0.2, 0.25) is 0 Å². The van der Waals surface area contributed by atoms with Gasteiger partial charge in [-0.15, -0.1) is 4.28 Å². The van der Waals surface area contributed by atoms with Crippen LogP contribution in [0.25, 0.3) is 0 Å². The lowest BCUT2D eigenvalue weighted by Crippen LogP contribution is -2.49. The lowest BCUT2D eigenvalue weighted by molar-refractivity contribution is -0.139. The van der Waals surface area contributed by atoms with E-state index in [1.54, 1.807) is 24.3 Å². The Kier molecular flexibility index (Phi) is 5.00. The summed E-state index contributed by atoms with van der Waals surface area (Å²) in [6.45, 7) is 0.208. The predicted molar refractivity (Wildman–Crippen MR) is 87.2 cm³/mol. The highest BCUT2D eigenvalue weighted by atomic mass is 32.3. The molecule has 2 saturated heterocycles. The van der Waals surface area contributed by atoms with Crippen LogP contribution in [0, 0.1) is 0 Å². The molecule has 2 fully saturated rings. The number of hydrogen-bond donors (Lipinski definition) is 3. The zero-order valence-corrected chi connectivity index (χ0v) is 14.4. The van der Waals surface area contributed by atoms with Gasteiger partial charge in [0, 0.05) is 12.2 Å². The summed E-state index contributed by atoms with van der Waals surface area (Å²) in [4.78, 5) is 30.9. The molecule has 26 heavy (non-hydrogen) atoms. The van der Waals surface area contributed by atoms with Gasteiger partial charge in [-0.3, -0.25) is 14.2 Å². The molecule has 142 valence electrons. The van der Waals surface area contributed by atoms with Crippen LogP contribution < -0.4 is 11.2 Å². The van der Waals surface area contributed by atoms with Gasteiger partial charge in [0.25, 0.3) is 5.91 Å². The minimum absolute atomic E-state index is 0.0953.